The van der Waals surface area contributed by atoms with E-state index in [-0.39, 0.29) is 6.10 Å². The number of likely N-dealkylation sites (tertiary alicyclic amines) is 2. The van der Waals surface area contributed by atoms with Crippen LogP contribution in [-0.4, -0.2) is 60.3 Å². The van der Waals surface area contributed by atoms with E-state index < -0.39 is 0 Å². The van der Waals surface area contributed by atoms with Crippen LogP contribution in [0.5, 0.6) is 0 Å². The van der Waals surface area contributed by atoms with E-state index >= 15 is 0 Å². The van der Waals surface area contributed by atoms with Crippen LogP contribution in [0.4, 0.5) is 0 Å². The van der Waals surface area contributed by atoms with Crippen LogP contribution < -0.4 is 0 Å². The highest BCUT2D eigenvalue weighted by molar-refractivity contribution is 4.81. The van der Waals surface area contributed by atoms with Crippen LogP contribution in [0, 0.1) is 5.92 Å². The highest BCUT2D eigenvalue weighted by atomic mass is 16.3. The summed E-state index contributed by atoms with van der Waals surface area (Å²) in [5, 5.41) is 9.60. The Balaban J connectivity index is 1.76. The molecular weight excluding hydrogens is 200 g/mol. The molecule has 2 aliphatic heterocycles. The molecule has 0 aromatic rings. The molecule has 0 amide bonds. The molecule has 0 spiro atoms. The standard InChI is InChI=1S/C13H26N2O/c1-11-9-13(16)5-8-15(11)10-12-3-6-14(2)7-4-12/h11-13,16H,3-10H2,1-2H3. The van der Waals surface area contributed by atoms with Gasteiger partial charge in [0.25, 0.3) is 0 Å². The zero-order chi connectivity index (χ0) is 11.5. The minimum absolute atomic E-state index is 0.0521. The molecule has 0 aromatic carbocycles. The minimum Gasteiger partial charge on any atom is -0.393 e. The van der Waals surface area contributed by atoms with Crippen LogP contribution in [0.3, 0.4) is 0 Å². The number of aliphatic hydroxyl groups is 1. The van der Waals surface area contributed by atoms with Gasteiger partial charge in [0.1, 0.15) is 0 Å². The van der Waals surface area contributed by atoms with Crippen LogP contribution in [0.2, 0.25) is 0 Å². The third kappa shape index (κ3) is 3.19. The number of rotatable bonds is 2. The summed E-state index contributed by atoms with van der Waals surface area (Å²) in [5.74, 6) is 0.883. The van der Waals surface area contributed by atoms with Crippen molar-refractivity contribution in [2.45, 2.75) is 44.8 Å². The van der Waals surface area contributed by atoms with Gasteiger partial charge in [-0.3, -0.25) is 0 Å². The van der Waals surface area contributed by atoms with E-state index in [0.29, 0.717) is 6.04 Å². The van der Waals surface area contributed by atoms with Crippen molar-refractivity contribution in [2.75, 3.05) is 33.2 Å². The van der Waals surface area contributed by atoms with Gasteiger partial charge in [-0.25, -0.2) is 0 Å². The van der Waals surface area contributed by atoms with Gasteiger partial charge in [0.2, 0.25) is 0 Å². The molecule has 0 saturated carbocycles. The maximum Gasteiger partial charge on any atom is 0.0567 e. The fourth-order valence-electron chi connectivity index (χ4n) is 3.04. The average Bonchev–Trinajstić information content (AvgIpc) is 2.25. The van der Waals surface area contributed by atoms with Crippen LogP contribution >= 0.6 is 0 Å². The predicted molar refractivity (Wildman–Crippen MR) is 66.5 cm³/mol. The molecule has 0 aromatic heterocycles. The van der Waals surface area contributed by atoms with E-state index in [9.17, 15) is 5.11 Å². The first kappa shape index (κ1) is 12.3. The Labute approximate surface area is 99.4 Å². The smallest absolute Gasteiger partial charge is 0.0567 e. The number of hydrogen-bond acceptors (Lipinski definition) is 3. The second kappa shape index (κ2) is 5.48. The van der Waals surface area contributed by atoms with Gasteiger partial charge in [0.05, 0.1) is 6.10 Å². The van der Waals surface area contributed by atoms with Crippen molar-refractivity contribution in [3.63, 3.8) is 0 Å². The quantitative estimate of drug-likeness (QED) is 0.766. The monoisotopic (exact) mass is 226 g/mol. The molecule has 16 heavy (non-hydrogen) atoms. The molecule has 3 nitrogen and oxygen atoms in total. The predicted octanol–water partition coefficient (Wildman–Crippen LogP) is 1.17. The lowest BCUT2D eigenvalue weighted by atomic mass is 9.93. The van der Waals surface area contributed by atoms with Crippen molar-refractivity contribution < 1.29 is 5.11 Å². The third-order valence-corrected chi connectivity index (χ3v) is 4.32. The van der Waals surface area contributed by atoms with E-state index in [1.807, 2.05) is 0 Å². The molecule has 2 aliphatic rings. The van der Waals surface area contributed by atoms with Gasteiger partial charge in [-0.15, -0.1) is 0 Å². The van der Waals surface area contributed by atoms with Gasteiger partial charge in [-0.2, -0.15) is 0 Å². The first-order valence-electron chi connectivity index (χ1n) is 6.76. The van der Waals surface area contributed by atoms with Gasteiger partial charge in [-0.1, -0.05) is 0 Å². The summed E-state index contributed by atoms with van der Waals surface area (Å²) >= 11 is 0. The summed E-state index contributed by atoms with van der Waals surface area (Å²) in [7, 11) is 2.22. The summed E-state index contributed by atoms with van der Waals surface area (Å²) in [6.45, 7) is 7.12. The number of nitrogens with zero attached hydrogens (tertiary/aromatic N) is 2. The molecule has 1 N–H and O–H groups in total. The highest BCUT2D eigenvalue weighted by Crippen LogP contribution is 2.22. The topological polar surface area (TPSA) is 26.7 Å². The average molecular weight is 226 g/mol. The summed E-state index contributed by atoms with van der Waals surface area (Å²) < 4.78 is 0. The zero-order valence-electron chi connectivity index (χ0n) is 10.7. The Hall–Kier alpha value is -0.120. The van der Waals surface area contributed by atoms with Crippen molar-refractivity contribution in [1.82, 2.24) is 9.80 Å². The molecule has 2 fully saturated rings. The lowest BCUT2D eigenvalue weighted by Crippen LogP contribution is -2.46. The minimum atomic E-state index is -0.0521. The maximum atomic E-state index is 9.60. The maximum absolute atomic E-state index is 9.60. The SMILES string of the molecule is CC1CC(O)CCN1CC1CCN(C)CC1. The second-order valence-corrected chi connectivity index (χ2v) is 5.77. The summed E-state index contributed by atoms with van der Waals surface area (Å²) in [4.78, 5) is 5.02. The number of piperidine rings is 2. The molecule has 2 saturated heterocycles. The van der Waals surface area contributed by atoms with E-state index in [0.717, 1.165) is 25.3 Å². The van der Waals surface area contributed by atoms with Crippen molar-refractivity contribution >= 4 is 0 Å². The largest absolute Gasteiger partial charge is 0.393 e. The molecule has 2 atom stereocenters. The van der Waals surface area contributed by atoms with Crippen molar-refractivity contribution in [3.05, 3.63) is 0 Å². The van der Waals surface area contributed by atoms with Gasteiger partial charge in [0, 0.05) is 19.1 Å². The summed E-state index contributed by atoms with van der Waals surface area (Å²) in [5.41, 5.74) is 0. The van der Waals surface area contributed by atoms with Crippen LogP contribution in [0.25, 0.3) is 0 Å². The first-order valence-corrected chi connectivity index (χ1v) is 6.76. The van der Waals surface area contributed by atoms with E-state index in [1.54, 1.807) is 0 Å². The molecule has 2 unspecified atom stereocenters. The Kier molecular flexibility index (Phi) is 4.22. The van der Waals surface area contributed by atoms with Gasteiger partial charge in [-0.05, 0) is 58.7 Å². The molecule has 0 aliphatic carbocycles. The van der Waals surface area contributed by atoms with Gasteiger partial charge < -0.3 is 14.9 Å². The van der Waals surface area contributed by atoms with Crippen LogP contribution in [0.1, 0.15) is 32.6 Å². The second-order valence-electron chi connectivity index (χ2n) is 5.77. The van der Waals surface area contributed by atoms with E-state index in [4.69, 9.17) is 0 Å². The lowest BCUT2D eigenvalue weighted by Gasteiger charge is -2.39. The fraction of sp³-hybridized carbons (Fsp3) is 1.00. The van der Waals surface area contributed by atoms with E-state index in [1.165, 1.54) is 32.5 Å². The van der Waals surface area contributed by atoms with E-state index in [2.05, 4.69) is 23.8 Å². The zero-order valence-corrected chi connectivity index (χ0v) is 10.7. The van der Waals surface area contributed by atoms with Gasteiger partial charge >= 0.3 is 0 Å². The Bertz CT molecular complexity index is 214. The molecule has 3 heteroatoms. The molecular formula is C13H26N2O. The highest BCUT2D eigenvalue weighted by Gasteiger charge is 2.27. The Morgan fingerprint density at radius 2 is 1.81 bits per heavy atom. The first-order chi connectivity index (χ1) is 7.65. The molecule has 2 heterocycles. The molecule has 94 valence electrons. The fourth-order valence-corrected chi connectivity index (χ4v) is 3.04. The Morgan fingerprint density at radius 3 is 2.44 bits per heavy atom. The van der Waals surface area contributed by atoms with Crippen molar-refractivity contribution in [1.29, 1.82) is 0 Å². The Morgan fingerprint density at radius 1 is 1.12 bits per heavy atom. The lowest BCUT2D eigenvalue weighted by molar-refractivity contribution is 0.0335. The third-order valence-electron chi connectivity index (χ3n) is 4.32. The van der Waals surface area contributed by atoms with Crippen molar-refractivity contribution in [3.8, 4) is 0 Å². The summed E-state index contributed by atoms with van der Waals surface area (Å²) in [6.07, 6.45) is 4.58. The van der Waals surface area contributed by atoms with Crippen LogP contribution in [0.15, 0.2) is 0 Å². The normalized spacial score (nSPS) is 35.4. The number of aliphatic hydroxyl groups excluding tert-OH is 1. The molecule has 0 radical (unpaired) electrons. The molecule has 0 bridgehead atoms. The van der Waals surface area contributed by atoms with Crippen LogP contribution in [-0.2, 0) is 0 Å². The summed E-state index contributed by atoms with van der Waals surface area (Å²) in [6, 6.07) is 0.573. The van der Waals surface area contributed by atoms with Crippen molar-refractivity contribution in [2.24, 2.45) is 5.92 Å². The molecule has 2 rings (SSSR count). The van der Waals surface area contributed by atoms with Gasteiger partial charge in [0.15, 0.2) is 0 Å². The number of hydrogen-bond donors (Lipinski definition) is 1.